The Labute approximate surface area is 128 Å². The SMILES string of the molecule is CCC1CCCCN1C(=S)Nc1ccc(C(C)C)cc1. The summed E-state index contributed by atoms with van der Waals surface area (Å²) < 4.78 is 0. The summed E-state index contributed by atoms with van der Waals surface area (Å²) in [5.74, 6) is 0.572. The normalized spacial score (nSPS) is 19.2. The molecule has 1 aliphatic rings. The van der Waals surface area contributed by atoms with E-state index in [1.807, 2.05) is 0 Å². The first-order valence-electron chi connectivity index (χ1n) is 7.79. The second-order valence-corrected chi connectivity index (χ2v) is 6.34. The van der Waals surface area contributed by atoms with E-state index in [4.69, 9.17) is 12.2 Å². The van der Waals surface area contributed by atoms with E-state index < -0.39 is 0 Å². The number of hydrogen-bond acceptors (Lipinski definition) is 1. The molecule has 2 nitrogen and oxygen atoms in total. The summed E-state index contributed by atoms with van der Waals surface area (Å²) in [5, 5.41) is 4.28. The van der Waals surface area contributed by atoms with Crippen LogP contribution in [-0.2, 0) is 0 Å². The number of nitrogens with zero attached hydrogens (tertiary/aromatic N) is 1. The third kappa shape index (κ3) is 3.72. The minimum atomic E-state index is 0.572. The number of thiocarbonyl (C=S) groups is 1. The first kappa shape index (κ1) is 15.3. The highest BCUT2D eigenvalue weighted by molar-refractivity contribution is 7.80. The molecule has 110 valence electrons. The minimum absolute atomic E-state index is 0.572. The lowest BCUT2D eigenvalue weighted by Crippen LogP contribution is -2.45. The van der Waals surface area contributed by atoms with Gasteiger partial charge in [-0.2, -0.15) is 0 Å². The van der Waals surface area contributed by atoms with Gasteiger partial charge >= 0.3 is 0 Å². The van der Waals surface area contributed by atoms with Crippen LogP contribution in [0.3, 0.4) is 0 Å². The third-order valence-corrected chi connectivity index (χ3v) is 4.52. The van der Waals surface area contributed by atoms with E-state index in [1.165, 1.54) is 31.2 Å². The van der Waals surface area contributed by atoms with Crippen LogP contribution in [0.15, 0.2) is 24.3 Å². The summed E-state index contributed by atoms with van der Waals surface area (Å²) in [5.41, 5.74) is 2.46. The van der Waals surface area contributed by atoms with Crippen LogP contribution in [0.2, 0.25) is 0 Å². The molecule has 0 spiro atoms. The smallest absolute Gasteiger partial charge is 0.173 e. The molecule has 0 saturated carbocycles. The molecule has 1 aromatic carbocycles. The number of anilines is 1. The van der Waals surface area contributed by atoms with E-state index in [0.29, 0.717) is 12.0 Å². The standard InChI is InChI=1S/C17H26N2S/c1-4-16-7-5-6-12-19(16)17(20)18-15-10-8-14(9-11-15)13(2)3/h8-11,13,16H,4-7,12H2,1-3H3,(H,18,20). The van der Waals surface area contributed by atoms with Crippen LogP contribution in [0.1, 0.15) is 57.9 Å². The summed E-state index contributed by atoms with van der Waals surface area (Å²) in [4.78, 5) is 2.37. The fraction of sp³-hybridized carbons (Fsp3) is 0.588. The molecule has 1 heterocycles. The van der Waals surface area contributed by atoms with Gasteiger partial charge in [0.05, 0.1) is 0 Å². The second kappa shape index (κ2) is 7.07. The van der Waals surface area contributed by atoms with Gasteiger partial charge in [0.1, 0.15) is 0 Å². The predicted octanol–water partition coefficient (Wildman–Crippen LogP) is 4.77. The van der Waals surface area contributed by atoms with Crippen molar-refractivity contribution in [1.82, 2.24) is 4.90 Å². The maximum absolute atomic E-state index is 5.60. The van der Waals surface area contributed by atoms with Crippen LogP contribution in [0.25, 0.3) is 0 Å². The van der Waals surface area contributed by atoms with Gasteiger partial charge in [0.15, 0.2) is 5.11 Å². The minimum Gasteiger partial charge on any atom is -0.346 e. The lowest BCUT2D eigenvalue weighted by atomic mass is 10.0. The summed E-state index contributed by atoms with van der Waals surface area (Å²) in [6, 6.07) is 9.24. The highest BCUT2D eigenvalue weighted by Crippen LogP contribution is 2.22. The van der Waals surface area contributed by atoms with Crippen molar-refractivity contribution < 1.29 is 0 Å². The summed E-state index contributed by atoms with van der Waals surface area (Å²) in [7, 11) is 0. The maximum atomic E-state index is 5.60. The Bertz CT molecular complexity index is 439. The zero-order valence-corrected chi connectivity index (χ0v) is 13.7. The molecule has 1 aromatic rings. The lowest BCUT2D eigenvalue weighted by Gasteiger charge is -2.37. The Morgan fingerprint density at radius 3 is 2.60 bits per heavy atom. The van der Waals surface area contributed by atoms with E-state index in [1.54, 1.807) is 0 Å². The van der Waals surface area contributed by atoms with Crippen molar-refractivity contribution >= 4 is 23.0 Å². The number of rotatable bonds is 3. The molecule has 20 heavy (non-hydrogen) atoms. The average Bonchev–Trinajstić information content (AvgIpc) is 2.47. The van der Waals surface area contributed by atoms with Crippen LogP contribution >= 0.6 is 12.2 Å². The van der Waals surface area contributed by atoms with E-state index in [-0.39, 0.29) is 0 Å². The van der Waals surface area contributed by atoms with Crippen molar-refractivity contribution in [3.8, 4) is 0 Å². The molecule has 1 fully saturated rings. The summed E-state index contributed by atoms with van der Waals surface area (Å²) in [6.45, 7) is 7.77. The number of nitrogens with one attached hydrogen (secondary N) is 1. The van der Waals surface area contributed by atoms with E-state index in [2.05, 4.69) is 55.3 Å². The molecule has 1 unspecified atom stereocenters. The lowest BCUT2D eigenvalue weighted by molar-refractivity contribution is 0.239. The van der Waals surface area contributed by atoms with E-state index >= 15 is 0 Å². The summed E-state index contributed by atoms with van der Waals surface area (Å²) >= 11 is 5.60. The fourth-order valence-electron chi connectivity index (χ4n) is 2.84. The van der Waals surface area contributed by atoms with Crippen LogP contribution < -0.4 is 5.32 Å². The number of benzene rings is 1. The van der Waals surface area contributed by atoms with Gasteiger partial charge < -0.3 is 10.2 Å². The van der Waals surface area contributed by atoms with Crippen LogP contribution in [0, 0.1) is 0 Å². The Morgan fingerprint density at radius 2 is 2.00 bits per heavy atom. The zero-order chi connectivity index (χ0) is 14.5. The molecular formula is C17H26N2S. The van der Waals surface area contributed by atoms with Gasteiger partial charge in [0.2, 0.25) is 0 Å². The Hall–Kier alpha value is -1.09. The zero-order valence-electron chi connectivity index (χ0n) is 12.9. The van der Waals surface area contributed by atoms with Gasteiger partial charge in [0.25, 0.3) is 0 Å². The predicted molar refractivity (Wildman–Crippen MR) is 91.4 cm³/mol. The molecule has 0 aromatic heterocycles. The Balaban J connectivity index is 1.99. The maximum Gasteiger partial charge on any atom is 0.173 e. The van der Waals surface area contributed by atoms with Crippen LogP contribution in [0.4, 0.5) is 5.69 Å². The molecule has 1 aliphatic heterocycles. The quantitative estimate of drug-likeness (QED) is 0.807. The number of likely N-dealkylation sites (tertiary alicyclic amines) is 1. The van der Waals surface area contributed by atoms with Gasteiger partial charge in [-0.25, -0.2) is 0 Å². The average molecular weight is 290 g/mol. The molecular weight excluding hydrogens is 264 g/mol. The van der Waals surface area contributed by atoms with Gasteiger partial charge in [0, 0.05) is 18.3 Å². The Kier molecular flexibility index (Phi) is 5.41. The first-order chi connectivity index (χ1) is 9.61. The molecule has 0 radical (unpaired) electrons. The third-order valence-electron chi connectivity index (χ3n) is 4.19. The first-order valence-corrected chi connectivity index (χ1v) is 8.20. The van der Waals surface area contributed by atoms with E-state index in [0.717, 1.165) is 17.3 Å². The second-order valence-electron chi connectivity index (χ2n) is 5.96. The van der Waals surface area contributed by atoms with Crippen molar-refractivity contribution in [2.75, 3.05) is 11.9 Å². The highest BCUT2D eigenvalue weighted by Gasteiger charge is 2.22. The molecule has 0 bridgehead atoms. The molecule has 3 heteroatoms. The topological polar surface area (TPSA) is 15.3 Å². The molecule has 1 saturated heterocycles. The van der Waals surface area contributed by atoms with Crippen molar-refractivity contribution in [3.05, 3.63) is 29.8 Å². The molecule has 2 rings (SSSR count). The number of piperidine rings is 1. The molecule has 0 aliphatic carbocycles. The number of hydrogen-bond donors (Lipinski definition) is 1. The van der Waals surface area contributed by atoms with E-state index in [9.17, 15) is 0 Å². The molecule has 1 atom stereocenters. The van der Waals surface area contributed by atoms with Gasteiger partial charge in [-0.15, -0.1) is 0 Å². The van der Waals surface area contributed by atoms with Crippen molar-refractivity contribution in [2.24, 2.45) is 0 Å². The van der Waals surface area contributed by atoms with Gasteiger partial charge in [-0.3, -0.25) is 0 Å². The van der Waals surface area contributed by atoms with Crippen LogP contribution in [-0.4, -0.2) is 22.6 Å². The fourth-order valence-corrected chi connectivity index (χ4v) is 3.20. The molecule has 0 amide bonds. The molecule has 1 N–H and O–H groups in total. The monoisotopic (exact) mass is 290 g/mol. The Morgan fingerprint density at radius 1 is 1.30 bits per heavy atom. The van der Waals surface area contributed by atoms with Crippen molar-refractivity contribution in [2.45, 2.75) is 58.4 Å². The van der Waals surface area contributed by atoms with Crippen molar-refractivity contribution in [1.29, 1.82) is 0 Å². The van der Waals surface area contributed by atoms with Crippen molar-refractivity contribution in [3.63, 3.8) is 0 Å². The van der Waals surface area contributed by atoms with Gasteiger partial charge in [-0.1, -0.05) is 32.9 Å². The van der Waals surface area contributed by atoms with Gasteiger partial charge in [-0.05, 0) is 61.5 Å². The van der Waals surface area contributed by atoms with Crippen LogP contribution in [0.5, 0.6) is 0 Å². The summed E-state index contributed by atoms with van der Waals surface area (Å²) in [6.07, 6.45) is 5.03. The highest BCUT2D eigenvalue weighted by atomic mass is 32.1. The largest absolute Gasteiger partial charge is 0.346 e.